The number of rotatable bonds is 10. The molecule has 1 aliphatic rings. The number of hydrogen-bond acceptors (Lipinski definition) is 5. The average molecular weight is 450 g/mol. The summed E-state index contributed by atoms with van der Waals surface area (Å²) in [5.74, 6) is 1.67. The standard InChI is InChI=1S/C27H32FN3O2/c1-2-3-17-33-25-11-8-22-19-27(29-20-23(22)18-25)31-15-13-30(14-16-31)12-4-5-26(32)21-6-9-24(28)10-7-21/h6-11,18-20H,2-5,12-17H2,1H3. The number of benzene rings is 2. The van der Waals surface area contributed by atoms with E-state index in [0.29, 0.717) is 12.0 Å². The van der Waals surface area contributed by atoms with E-state index >= 15 is 0 Å². The first kappa shape index (κ1) is 23.2. The minimum atomic E-state index is -0.313. The van der Waals surface area contributed by atoms with E-state index in [1.165, 1.54) is 17.5 Å². The zero-order valence-electron chi connectivity index (χ0n) is 19.3. The average Bonchev–Trinajstić information content (AvgIpc) is 2.84. The summed E-state index contributed by atoms with van der Waals surface area (Å²) in [6, 6.07) is 14.2. The van der Waals surface area contributed by atoms with Gasteiger partial charge in [0.2, 0.25) is 0 Å². The fourth-order valence-electron chi connectivity index (χ4n) is 4.15. The van der Waals surface area contributed by atoms with Crippen molar-refractivity contribution < 1.29 is 13.9 Å². The van der Waals surface area contributed by atoms with E-state index in [-0.39, 0.29) is 11.6 Å². The molecular weight excluding hydrogens is 417 g/mol. The number of ketones is 1. The van der Waals surface area contributed by atoms with Gasteiger partial charge in [-0.25, -0.2) is 9.37 Å². The lowest BCUT2D eigenvalue weighted by molar-refractivity contribution is 0.0974. The Labute approximate surface area is 195 Å². The van der Waals surface area contributed by atoms with Crippen molar-refractivity contribution in [2.45, 2.75) is 32.6 Å². The summed E-state index contributed by atoms with van der Waals surface area (Å²) in [6.45, 7) is 7.55. The minimum Gasteiger partial charge on any atom is -0.494 e. The second-order valence-electron chi connectivity index (χ2n) is 8.62. The van der Waals surface area contributed by atoms with Crippen LogP contribution in [0.1, 0.15) is 43.0 Å². The Hall–Kier alpha value is -2.99. The van der Waals surface area contributed by atoms with E-state index in [0.717, 1.165) is 75.5 Å². The number of ether oxygens (including phenoxy) is 1. The molecule has 0 spiro atoms. The molecule has 1 aromatic heterocycles. The van der Waals surface area contributed by atoms with Crippen LogP contribution >= 0.6 is 0 Å². The predicted molar refractivity (Wildman–Crippen MR) is 131 cm³/mol. The number of anilines is 1. The highest BCUT2D eigenvalue weighted by Crippen LogP contribution is 2.24. The van der Waals surface area contributed by atoms with Crippen LogP contribution in [0.4, 0.5) is 10.2 Å². The number of fused-ring (bicyclic) bond motifs is 1. The van der Waals surface area contributed by atoms with Gasteiger partial charge in [0, 0.05) is 49.7 Å². The van der Waals surface area contributed by atoms with Crippen molar-refractivity contribution >= 4 is 22.4 Å². The molecule has 0 bridgehead atoms. The number of carbonyl (C=O) groups is 1. The molecule has 33 heavy (non-hydrogen) atoms. The molecule has 1 fully saturated rings. The molecule has 5 nitrogen and oxygen atoms in total. The molecule has 2 heterocycles. The van der Waals surface area contributed by atoms with Crippen molar-refractivity contribution in [3.8, 4) is 5.75 Å². The lowest BCUT2D eigenvalue weighted by atomic mass is 10.1. The lowest BCUT2D eigenvalue weighted by Crippen LogP contribution is -2.47. The fourth-order valence-corrected chi connectivity index (χ4v) is 4.15. The predicted octanol–water partition coefficient (Wildman–Crippen LogP) is 5.34. The molecule has 3 aromatic rings. The van der Waals surface area contributed by atoms with Crippen LogP contribution in [0, 0.1) is 5.82 Å². The summed E-state index contributed by atoms with van der Waals surface area (Å²) >= 11 is 0. The summed E-state index contributed by atoms with van der Waals surface area (Å²) < 4.78 is 18.8. The Bertz CT molecular complexity index is 1060. The number of pyridine rings is 1. The molecule has 0 amide bonds. The minimum absolute atomic E-state index is 0.0768. The molecule has 174 valence electrons. The van der Waals surface area contributed by atoms with Gasteiger partial charge in [-0.2, -0.15) is 0 Å². The topological polar surface area (TPSA) is 45.7 Å². The number of unbranched alkanes of at least 4 members (excludes halogenated alkanes) is 1. The van der Waals surface area contributed by atoms with Crippen LogP contribution in [0.15, 0.2) is 54.7 Å². The maximum atomic E-state index is 13.0. The molecule has 0 radical (unpaired) electrons. The molecule has 4 rings (SSSR count). The van der Waals surface area contributed by atoms with Gasteiger partial charge >= 0.3 is 0 Å². The summed E-state index contributed by atoms with van der Waals surface area (Å²) in [5.41, 5.74) is 0.586. The number of halogens is 1. The van der Waals surface area contributed by atoms with E-state index in [1.807, 2.05) is 12.3 Å². The zero-order chi connectivity index (χ0) is 23.0. The van der Waals surface area contributed by atoms with Crippen molar-refractivity contribution in [1.82, 2.24) is 9.88 Å². The second-order valence-corrected chi connectivity index (χ2v) is 8.62. The van der Waals surface area contributed by atoms with Gasteiger partial charge in [-0.1, -0.05) is 19.4 Å². The third-order valence-corrected chi connectivity index (χ3v) is 6.19. The van der Waals surface area contributed by atoms with Crippen LogP contribution in [0.5, 0.6) is 5.75 Å². The fraction of sp³-hybridized carbons (Fsp3) is 0.407. The highest BCUT2D eigenvalue weighted by atomic mass is 19.1. The molecule has 1 saturated heterocycles. The van der Waals surface area contributed by atoms with E-state index in [2.05, 4.69) is 34.9 Å². The van der Waals surface area contributed by atoms with Crippen molar-refractivity contribution in [3.63, 3.8) is 0 Å². The number of hydrogen-bond donors (Lipinski definition) is 0. The van der Waals surface area contributed by atoms with E-state index in [4.69, 9.17) is 9.72 Å². The molecule has 0 atom stereocenters. The normalized spacial score (nSPS) is 14.5. The van der Waals surface area contributed by atoms with E-state index in [1.54, 1.807) is 12.1 Å². The Balaban J connectivity index is 1.24. The summed E-state index contributed by atoms with van der Waals surface area (Å²) in [5, 5.41) is 2.27. The number of Topliss-reactive ketones (excluding diaryl/α,β-unsaturated/α-hetero) is 1. The van der Waals surface area contributed by atoms with Gasteiger partial charge in [0.25, 0.3) is 0 Å². The zero-order valence-corrected chi connectivity index (χ0v) is 19.3. The number of nitrogens with zero attached hydrogens (tertiary/aromatic N) is 3. The first-order valence-electron chi connectivity index (χ1n) is 11.9. The largest absolute Gasteiger partial charge is 0.494 e. The van der Waals surface area contributed by atoms with Crippen LogP contribution in [0.25, 0.3) is 10.8 Å². The van der Waals surface area contributed by atoms with Gasteiger partial charge in [-0.05, 0) is 67.2 Å². The summed E-state index contributed by atoms with van der Waals surface area (Å²) in [7, 11) is 0. The van der Waals surface area contributed by atoms with E-state index in [9.17, 15) is 9.18 Å². The van der Waals surface area contributed by atoms with Gasteiger partial charge < -0.3 is 9.64 Å². The van der Waals surface area contributed by atoms with E-state index < -0.39 is 0 Å². The maximum Gasteiger partial charge on any atom is 0.162 e. The first-order chi connectivity index (χ1) is 16.1. The molecule has 0 unspecified atom stereocenters. The third-order valence-electron chi connectivity index (χ3n) is 6.19. The summed E-state index contributed by atoms with van der Waals surface area (Å²) in [6.07, 6.45) is 5.42. The van der Waals surface area contributed by atoms with Crippen molar-refractivity contribution in [1.29, 1.82) is 0 Å². The quantitative estimate of drug-likeness (QED) is 0.309. The first-order valence-corrected chi connectivity index (χ1v) is 11.9. The van der Waals surface area contributed by atoms with Crippen LogP contribution in [0.3, 0.4) is 0 Å². The van der Waals surface area contributed by atoms with Gasteiger partial charge in [-0.3, -0.25) is 9.69 Å². The van der Waals surface area contributed by atoms with Gasteiger partial charge in [0.1, 0.15) is 17.4 Å². The Morgan fingerprint density at radius 1 is 1.00 bits per heavy atom. The molecule has 6 heteroatoms. The smallest absolute Gasteiger partial charge is 0.162 e. The Morgan fingerprint density at radius 3 is 2.55 bits per heavy atom. The molecular formula is C27H32FN3O2. The number of piperazine rings is 1. The molecule has 1 aliphatic heterocycles. The molecule has 0 saturated carbocycles. The second kappa shape index (κ2) is 11.2. The molecule has 0 aliphatic carbocycles. The van der Waals surface area contributed by atoms with Gasteiger partial charge in [-0.15, -0.1) is 0 Å². The Kier molecular flexibility index (Phi) is 7.89. The maximum absolute atomic E-state index is 13.0. The molecule has 2 aromatic carbocycles. The van der Waals surface area contributed by atoms with Crippen molar-refractivity contribution in [3.05, 3.63) is 66.1 Å². The highest BCUT2D eigenvalue weighted by Gasteiger charge is 2.18. The lowest BCUT2D eigenvalue weighted by Gasteiger charge is -2.35. The highest BCUT2D eigenvalue weighted by molar-refractivity contribution is 5.96. The van der Waals surface area contributed by atoms with Crippen LogP contribution < -0.4 is 9.64 Å². The van der Waals surface area contributed by atoms with Gasteiger partial charge in [0.05, 0.1) is 6.61 Å². The van der Waals surface area contributed by atoms with Crippen LogP contribution in [-0.4, -0.2) is 55.0 Å². The van der Waals surface area contributed by atoms with Crippen LogP contribution in [0.2, 0.25) is 0 Å². The monoisotopic (exact) mass is 449 g/mol. The SMILES string of the molecule is CCCCOc1ccc2cc(N3CCN(CCCC(=O)c4ccc(F)cc4)CC3)ncc2c1. The van der Waals surface area contributed by atoms with Gasteiger partial charge in [0.15, 0.2) is 5.78 Å². The Morgan fingerprint density at radius 2 is 1.79 bits per heavy atom. The third kappa shape index (κ3) is 6.29. The number of carbonyl (C=O) groups excluding carboxylic acids is 1. The van der Waals surface area contributed by atoms with Crippen molar-refractivity contribution in [2.24, 2.45) is 0 Å². The summed E-state index contributed by atoms with van der Waals surface area (Å²) in [4.78, 5) is 21.7. The number of aromatic nitrogens is 1. The molecule has 0 N–H and O–H groups in total. The van der Waals surface area contributed by atoms with Crippen molar-refractivity contribution in [2.75, 3.05) is 44.2 Å². The van der Waals surface area contributed by atoms with Crippen LogP contribution in [-0.2, 0) is 0 Å².